The molecule has 0 amide bonds. The van der Waals surface area contributed by atoms with Gasteiger partial charge in [0, 0.05) is 13.0 Å². The Labute approximate surface area is 92.1 Å². The van der Waals surface area contributed by atoms with E-state index in [1.807, 2.05) is 0 Å². The van der Waals surface area contributed by atoms with Gasteiger partial charge in [0.25, 0.3) is 0 Å². The molecule has 0 aliphatic carbocycles. The molecule has 0 unspecified atom stereocenters. The molecule has 0 saturated carbocycles. The highest BCUT2D eigenvalue weighted by atomic mass is 15.0. The fourth-order valence-corrected chi connectivity index (χ4v) is 1.62. The fraction of sp³-hybridized carbons (Fsp3) is 0.462. The quantitative estimate of drug-likeness (QED) is 0.686. The van der Waals surface area contributed by atoms with Crippen molar-refractivity contribution in [2.75, 3.05) is 14.1 Å². The lowest BCUT2D eigenvalue weighted by Crippen LogP contribution is -2.10. The van der Waals surface area contributed by atoms with Gasteiger partial charge in [-0.2, -0.15) is 5.26 Å². The molecule has 0 bridgehead atoms. The maximum Gasteiger partial charge on any atom is 0.0621 e. The lowest BCUT2D eigenvalue weighted by atomic mass is 10.1. The van der Waals surface area contributed by atoms with E-state index in [2.05, 4.69) is 49.3 Å². The van der Waals surface area contributed by atoms with Crippen LogP contribution in [0.15, 0.2) is 24.3 Å². The van der Waals surface area contributed by atoms with Gasteiger partial charge >= 0.3 is 0 Å². The summed E-state index contributed by atoms with van der Waals surface area (Å²) in [6, 6.07) is 10.8. The minimum atomic E-state index is 0.651. The average molecular weight is 202 g/mol. The van der Waals surface area contributed by atoms with E-state index in [0.29, 0.717) is 6.42 Å². The van der Waals surface area contributed by atoms with Crippen LogP contribution >= 0.6 is 0 Å². The summed E-state index contributed by atoms with van der Waals surface area (Å²) in [5.74, 6) is 0. The Morgan fingerprint density at radius 2 is 2.00 bits per heavy atom. The van der Waals surface area contributed by atoms with Gasteiger partial charge in [-0.05, 0) is 38.1 Å². The molecule has 0 aliphatic heterocycles. The molecule has 1 rings (SSSR count). The molecule has 1 aromatic rings. The molecule has 1 aromatic carbocycles. The number of benzene rings is 1. The van der Waals surface area contributed by atoms with E-state index in [4.69, 9.17) is 5.26 Å². The molecule has 0 heterocycles. The summed E-state index contributed by atoms with van der Waals surface area (Å²) < 4.78 is 0. The Bertz CT molecular complexity index is 337. The highest BCUT2D eigenvalue weighted by Crippen LogP contribution is 2.09. The molecule has 2 nitrogen and oxygen atoms in total. The van der Waals surface area contributed by atoms with Crippen LogP contribution in [0, 0.1) is 11.3 Å². The number of rotatable bonds is 5. The second-order valence-electron chi connectivity index (χ2n) is 4.07. The number of nitrogens with zero attached hydrogens (tertiary/aromatic N) is 2. The van der Waals surface area contributed by atoms with E-state index in [-0.39, 0.29) is 0 Å². The van der Waals surface area contributed by atoms with Crippen molar-refractivity contribution in [3.8, 4) is 6.07 Å². The number of hydrogen-bond donors (Lipinski definition) is 0. The highest BCUT2D eigenvalue weighted by molar-refractivity contribution is 5.23. The standard InChI is InChI=1S/C13H18N2/c1-15(2)11-13-8-5-7-12(10-13)6-3-4-9-14/h5,7-8,10H,3-4,6,11H2,1-2H3. The van der Waals surface area contributed by atoms with Crippen LogP contribution in [0.25, 0.3) is 0 Å². The molecule has 0 fully saturated rings. The molecule has 15 heavy (non-hydrogen) atoms. The third-order valence-electron chi connectivity index (χ3n) is 2.24. The van der Waals surface area contributed by atoms with Gasteiger partial charge in [-0.15, -0.1) is 0 Å². The van der Waals surface area contributed by atoms with Crippen LogP contribution in [0.2, 0.25) is 0 Å². The topological polar surface area (TPSA) is 27.0 Å². The Morgan fingerprint density at radius 1 is 1.27 bits per heavy atom. The van der Waals surface area contributed by atoms with Crippen LogP contribution in [0.5, 0.6) is 0 Å². The van der Waals surface area contributed by atoms with Crippen LogP contribution in [0.4, 0.5) is 0 Å². The second kappa shape index (κ2) is 6.21. The molecule has 80 valence electrons. The SMILES string of the molecule is CN(C)Cc1cccc(CCCC#N)c1. The van der Waals surface area contributed by atoms with E-state index in [0.717, 1.165) is 19.4 Å². The predicted molar refractivity (Wildman–Crippen MR) is 62.4 cm³/mol. The first-order chi connectivity index (χ1) is 7.22. The smallest absolute Gasteiger partial charge is 0.0621 e. The first kappa shape index (κ1) is 11.7. The molecule has 0 N–H and O–H groups in total. The van der Waals surface area contributed by atoms with Gasteiger partial charge in [0.05, 0.1) is 6.07 Å². The van der Waals surface area contributed by atoms with E-state index in [1.54, 1.807) is 0 Å². The molecule has 0 saturated heterocycles. The van der Waals surface area contributed by atoms with Crippen LogP contribution < -0.4 is 0 Å². The van der Waals surface area contributed by atoms with Crippen LogP contribution in [-0.2, 0) is 13.0 Å². The van der Waals surface area contributed by atoms with Gasteiger partial charge < -0.3 is 4.90 Å². The van der Waals surface area contributed by atoms with Crippen molar-refractivity contribution in [3.05, 3.63) is 35.4 Å². The van der Waals surface area contributed by atoms with Crippen molar-refractivity contribution in [1.82, 2.24) is 4.90 Å². The third kappa shape index (κ3) is 4.62. The summed E-state index contributed by atoms with van der Waals surface area (Å²) in [6.45, 7) is 0.978. The Balaban J connectivity index is 2.54. The number of nitriles is 1. The van der Waals surface area contributed by atoms with Crippen molar-refractivity contribution in [2.24, 2.45) is 0 Å². The normalized spacial score (nSPS) is 10.3. The van der Waals surface area contributed by atoms with Crippen molar-refractivity contribution >= 4 is 0 Å². The van der Waals surface area contributed by atoms with Gasteiger partial charge in [0.1, 0.15) is 0 Å². The molecular formula is C13H18N2. The summed E-state index contributed by atoms with van der Waals surface area (Å²) in [5, 5.41) is 8.46. The maximum absolute atomic E-state index is 8.46. The van der Waals surface area contributed by atoms with E-state index in [9.17, 15) is 0 Å². The highest BCUT2D eigenvalue weighted by Gasteiger charge is 1.97. The summed E-state index contributed by atoms with van der Waals surface area (Å²) in [5.41, 5.74) is 2.68. The summed E-state index contributed by atoms with van der Waals surface area (Å²) >= 11 is 0. The van der Waals surface area contributed by atoms with Gasteiger partial charge in [-0.1, -0.05) is 24.3 Å². The minimum Gasteiger partial charge on any atom is -0.305 e. The zero-order valence-electron chi connectivity index (χ0n) is 9.53. The van der Waals surface area contributed by atoms with E-state index < -0.39 is 0 Å². The molecule has 0 spiro atoms. The third-order valence-corrected chi connectivity index (χ3v) is 2.24. The minimum absolute atomic E-state index is 0.651. The monoisotopic (exact) mass is 202 g/mol. The maximum atomic E-state index is 8.46. The van der Waals surface area contributed by atoms with Gasteiger partial charge in [0.15, 0.2) is 0 Å². The summed E-state index contributed by atoms with van der Waals surface area (Å²) in [7, 11) is 4.14. The van der Waals surface area contributed by atoms with Crippen molar-refractivity contribution < 1.29 is 0 Å². The fourth-order valence-electron chi connectivity index (χ4n) is 1.62. The molecule has 2 heteroatoms. The second-order valence-corrected chi connectivity index (χ2v) is 4.07. The van der Waals surface area contributed by atoms with Gasteiger partial charge in [-0.3, -0.25) is 0 Å². The van der Waals surface area contributed by atoms with Crippen molar-refractivity contribution in [3.63, 3.8) is 0 Å². The van der Waals surface area contributed by atoms with E-state index in [1.165, 1.54) is 11.1 Å². The summed E-state index contributed by atoms with van der Waals surface area (Å²) in [4.78, 5) is 2.16. The predicted octanol–water partition coefficient (Wildman–Crippen LogP) is 2.59. The van der Waals surface area contributed by atoms with Gasteiger partial charge in [0.2, 0.25) is 0 Å². The Hall–Kier alpha value is -1.33. The number of aryl methyl sites for hydroxylation is 1. The van der Waals surface area contributed by atoms with Gasteiger partial charge in [-0.25, -0.2) is 0 Å². The Morgan fingerprint density at radius 3 is 2.67 bits per heavy atom. The number of hydrogen-bond acceptors (Lipinski definition) is 2. The lowest BCUT2D eigenvalue weighted by molar-refractivity contribution is 0.402. The first-order valence-electron chi connectivity index (χ1n) is 5.32. The van der Waals surface area contributed by atoms with Crippen molar-refractivity contribution in [1.29, 1.82) is 5.26 Å². The van der Waals surface area contributed by atoms with Crippen molar-refractivity contribution in [2.45, 2.75) is 25.8 Å². The Kier molecular flexibility index (Phi) is 4.86. The molecular weight excluding hydrogens is 184 g/mol. The first-order valence-corrected chi connectivity index (χ1v) is 5.32. The molecule has 0 aromatic heterocycles. The van der Waals surface area contributed by atoms with Crippen LogP contribution in [0.3, 0.4) is 0 Å². The summed E-state index contributed by atoms with van der Waals surface area (Å²) in [6.07, 6.45) is 2.62. The largest absolute Gasteiger partial charge is 0.305 e. The lowest BCUT2D eigenvalue weighted by Gasteiger charge is -2.10. The van der Waals surface area contributed by atoms with Crippen LogP contribution in [-0.4, -0.2) is 19.0 Å². The zero-order chi connectivity index (χ0) is 11.1. The molecule has 0 atom stereocenters. The molecule has 0 radical (unpaired) electrons. The molecule has 0 aliphatic rings. The average Bonchev–Trinajstić information content (AvgIpc) is 2.18. The van der Waals surface area contributed by atoms with Crippen LogP contribution in [0.1, 0.15) is 24.0 Å². The van der Waals surface area contributed by atoms with E-state index >= 15 is 0 Å². The zero-order valence-corrected chi connectivity index (χ0v) is 9.53. The number of unbranched alkanes of at least 4 members (excludes halogenated alkanes) is 1.